The summed E-state index contributed by atoms with van der Waals surface area (Å²) >= 11 is 0. The highest BCUT2D eigenvalue weighted by atomic mass is 16.5. The number of methoxy groups -OCH3 is 1. The van der Waals surface area contributed by atoms with Crippen LogP contribution < -0.4 is 15.8 Å². The minimum atomic E-state index is -0.164. The molecule has 1 aromatic carbocycles. The first-order valence-electron chi connectivity index (χ1n) is 7.31. The van der Waals surface area contributed by atoms with E-state index in [1.807, 2.05) is 25.1 Å². The third-order valence-electron chi connectivity index (χ3n) is 3.15. The Bertz CT molecular complexity index is 657. The molecule has 23 heavy (non-hydrogen) atoms. The van der Waals surface area contributed by atoms with Crippen molar-refractivity contribution in [1.29, 1.82) is 0 Å². The molecule has 0 aliphatic rings. The number of hydrogen-bond acceptors (Lipinski definition) is 5. The summed E-state index contributed by atoms with van der Waals surface area (Å²) in [7, 11) is 1.61. The van der Waals surface area contributed by atoms with Crippen LogP contribution in [0.4, 0.5) is 11.4 Å². The SMILES string of the molecule is COCCOc1cc(C)ccc1NC(=O)Cc1ccc(N)cn1. The molecule has 122 valence electrons. The average molecular weight is 315 g/mol. The first-order valence-corrected chi connectivity index (χ1v) is 7.31. The van der Waals surface area contributed by atoms with E-state index in [1.54, 1.807) is 19.2 Å². The molecule has 2 rings (SSSR count). The zero-order valence-electron chi connectivity index (χ0n) is 13.3. The van der Waals surface area contributed by atoms with Crippen molar-refractivity contribution in [2.45, 2.75) is 13.3 Å². The third kappa shape index (κ3) is 5.27. The fourth-order valence-corrected chi connectivity index (χ4v) is 1.99. The van der Waals surface area contributed by atoms with Crippen LogP contribution in [0, 0.1) is 6.92 Å². The Kier molecular flexibility index (Phi) is 5.94. The van der Waals surface area contributed by atoms with Gasteiger partial charge in [-0.3, -0.25) is 9.78 Å². The number of rotatable bonds is 7. The normalized spacial score (nSPS) is 10.3. The van der Waals surface area contributed by atoms with E-state index in [2.05, 4.69) is 10.3 Å². The first-order chi connectivity index (χ1) is 11.1. The van der Waals surface area contributed by atoms with Crippen molar-refractivity contribution in [1.82, 2.24) is 4.98 Å². The van der Waals surface area contributed by atoms with Crippen LogP contribution in [0.2, 0.25) is 0 Å². The fourth-order valence-electron chi connectivity index (χ4n) is 1.99. The second kappa shape index (κ2) is 8.14. The van der Waals surface area contributed by atoms with Crippen LogP contribution in [-0.2, 0) is 16.0 Å². The molecule has 2 aromatic rings. The Morgan fingerprint density at radius 1 is 1.26 bits per heavy atom. The monoisotopic (exact) mass is 315 g/mol. The maximum Gasteiger partial charge on any atom is 0.230 e. The molecule has 0 atom stereocenters. The molecule has 0 radical (unpaired) electrons. The van der Waals surface area contributed by atoms with Gasteiger partial charge < -0.3 is 20.5 Å². The molecular formula is C17H21N3O3. The van der Waals surface area contributed by atoms with Crippen LogP contribution >= 0.6 is 0 Å². The van der Waals surface area contributed by atoms with E-state index in [0.717, 1.165) is 5.56 Å². The Labute approximate surface area is 135 Å². The van der Waals surface area contributed by atoms with Gasteiger partial charge in [0.2, 0.25) is 5.91 Å². The van der Waals surface area contributed by atoms with Gasteiger partial charge in [-0.25, -0.2) is 0 Å². The van der Waals surface area contributed by atoms with Crippen LogP contribution in [0.3, 0.4) is 0 Å². The van der Waals surface area contributed by atoms with Gasteiger partial charge >= 0.3 is 0 Å². The van der Waals surface area contributed by atoms with Crippen molar-refractivity contribution in [3.8, 4) is 5.75 Å². The molecule has 1 amide bonds. The second-order valence-electron chi connectivity index (χ2n) is 5.15. The lowest BCUT2D eigenvalue weighted by atomic mass is 10.2. The van der Waals surface area contributed by atoms with Gasteiger partial charge in [-0.05, 0) is 36.8 Å². The van der Waals surface area contributed by atoms with Gasteiger partial charge in [0.05, 0.1) is 30.6 Å². The van der Waals surface area contributed by atoms with Crippen molar-refractivity contribution < 1.29 is 14.3 Å². The summed E-state index contributed by atoms with van der Waals surface area (Å²) in [6.45, 7) is 2.87. The van der Waals surface area contributed by atoms with Gasteiger partial charge in [0.1, 0.15) is 12.4 Å². The summed E-state index contributed by atoms with van der Waals surface area (Å²) in [4.78, 5) is 16.3. The van der Waals surface area contributed by atoms with Gasteiger partial charge in [-0.15, -0.1) is 0 Å². The van der Waals surface area contributed by atoms with E-state index in [0.29, 0.717) is 36.0 Å². The molecule has 6 heteroatoms. The number of aryl methyl sites for hydroxylation is 1. The highest BCUT2D eigenvalue weighted by Gasteiger charge is 2.10. The molecule has 1 heterocycles. The highest BCUT2D eigenvalue weighted by molar-refractivity contribution is 5.93. The summed E-state index contributed by atoms with van der Waals surface area (Å²) in [5.74, 6) is 0.461. The summed E-state index contributed by atoms with van der Waals surface area (Å²) in [5, 5.41) is 2.85. The van der Waals surface area contributed by atoms with E-state index in [9.17, 15) is 4.79 Å². The number of nitrogens with two attached hydrogens (primary N) is 1. The Morgan fingerprint density at radius 2 is 2.09 bits per heavy atom. The van der Waals surface area contributed by atoms with Crippen LogP contribution in [0.25, 0.3) is 0 Å². The minimum Gasteiger partial charge on any atom is -0.489 e. The quantitative estimate of drug-likeness (QED) is 0.765. The predicted octanol–water partition coefficient (Wildman–Crippen LogP) is 2.18. The number of nitrogens with zero attached hydrogens (tertiary/aromatic N) is 1. The van der Waals surface area contributed by atoms with Crippen molar-refractivity contribution in [3.63, 3.8) is 0 Å². The van der Waals surface area contributed by atoms with Crippen LogP contribution in [-0.4, -0.2) is 31.2 Å². The molecule has 0 saturated carbocycles. The molecule has 0 unspecified atom stereocenters. The van der Waals surface area contributed by atoms with Crippen LogP contribution in [0.15, 0.2) is 36.5 Å². The van der Waals surface area contributed by atoms with Crippen molar-refractivity contribution in [2.24, 2.45) is 0 Å². The Morgan fingerprint density at radius 3 is 2.78 bits per heavy atom. The van der Waals surface area contributed by atoms with Gasteiger partial charge in [-0.2, -0.15) is 0 Å². The zero-order valence-corrected chi connectivity index (χ0v) is 13.3. The topological polar surface area (TPSA) is 86.5 Å². The summed E-state index contributed by atoms with van der Waals surface area (Å²) in [6.07, 6.45) is 1.71. The van der Waals surface area contributed by atoms with E-state index >= 15 is 0 Å². The van der Waals surface area contributed by atoms with E-state index < -0.39 is 0 Å². The van der Waals surface area contributed by atoms with Crippen LogP contribution in [0.5, 0.6) is 5.75 Å². The molecule has 6 nitrogen and oxygen atoms in total. The van der Waals surface area contributed by atoms with Crippen molar-refractivity contribution in [2.75, 3.05) is 31.4 Å². The van der Waals surface area contributed by atoms with Gasteiger partial charge in [-0.1, -0.05) is 6.07 Å². The number of hydrogen-bond donors (Lipinski definition) is 2. The van der Waals surface area contributed by atoms with Gasteiger partial charge in [0, 0.05) is 12.8 Å². The highest BCUT2D eigenvalue weighted by Crippen LogP contribution is 2.26. The molecule has 0 fully saturated rings. The third-order valence-corrected chi connectivity index (χ3v) is 3.15. The number of carbonyl (C=O) groups is 1. The van der Waals surface area contributed by atoms with E-state index in [-0.39, 0.29) is 12.3 Å². The largest absolute Gasteiger partial charge is 0.489 e. The number of nitrogen functional groups attached to an aromatic ring is 1. The van der Waals surface area contributed by atoms with Gasteiger partial charge in [0.15, 0.2) is 0 Å². The molecule has 0 aliphatic heterocycles. The summed E-state index contributed by atoms with van der Waals surface area (Å²) in [5.41, 5.74) is 8.50. The predicted molar refractivity (Wildman–Crippen MR) is 89.5 cm³/mol. The standard InChI is InChI=1S/C17H21N3O3/c1-12-3-6-15(16(9-12)23-8-7-22-2)20-17(21)10-14-5-4-13(18)11-19-14/h3-6,9,11H,7-8,10,18H2,1-2H3,(H,20,21). The lowest BCUT2D eigenvalue weighted by Gasteiger charge is -2.13. The van der Waals surface area contributed by atoms with Gasteiger partial charge in [0.25, 0.3) is 0 Å². The second-order valence-corrected chi connectivity index (χ2v) is 5.15. The first kappa shape index (κ1) is 16.8. The molecule has 0 saturated heterocycles. The molecule has 0 aliphatic carbocycles. The fraction of sp³-hybridized carbons (Fsp3) is 0.294. The number of ether oxygens (including phenoxy) is 2. The number of pyridine rings is 1. The lowest BCUT2D eigenvalue weighted by molar-refractivity contribution is -0.115. The van der Waals surface area contributed by atoms with Crippen LogP contribution in [0.1, 0.15) is 11.3 Å². The van der Waals surface area contributed by atoms with Crippen molar-refractivity contribution in [3.05, 3.63) is 47.8 Å². The average Bonchev–Trinajstić information content (AvgIpc) is 2.52. The maximum absolute atomic E-state index is 12.2. The Balaban J connectivity index is 2.03. The number of amides is 1. The summed E-state index contributed by atoms with van der Waals surface area (Å²) < 4.78 is 10.6. The van der Waals surface area contributed by atoms with Crippen molar-refractivity contribution >= 4 is 17.3 Å². The van der Waals surface area contributed by atoms with E-state index in [4.69, 9.17) is 15.2 Å². The maximum atomic E-state index is 12.2. The minimum absolute atomic E-state index is 0.164. The smallest absolute Gasteiger partial charge is 0.230 e. The lowest BCUT2D eigenvalue weighted by Crippen LogP contribution is -2.16. The number of benzene rings is 1. The number of anilines is 2. The molecular weight excluding hydrogens is 294 g/mol. The Hall–Kier alpha value is -2.60. The molecule has 0 spiro atoms. The van der Waals surface area contributed by atoms with E-state index in [1.165, 1.54) is 6.20 Å². The molecule has 0 bridgehead atoms. The number of nitrogens with one attached hydrogen (secondary N) is 1. The number of carbonyl (C=O) groups excluding carboxylic acids is 1. The number of aromatic nitrogens is 1. The zero-order chi connectivity index (χ0) is 16.7. The molecule has 1 aromatic heterocycles. The molecule has 3 N–H and O–H groups in total. The summed E-state index contributed by atoms with van der Waals surface area (Å²) in [6, 6.07) is 9.08.